The third-order valence-corrected chi connectivity index (χ3v) is 6.26. The normalized spacial score (nSPS) is 26.6. The van der Waals surface area contributed by atoms with E-state index in [2.05, 4.69) is 27.4 Å². The monoisotopic (exact) mass is 462 g/mol. The number of halogens is 1. The van der Waals surface area contributed by atoms with Gasteiger partial charge in [0.15, 0.2) is 5.96 Å². The average Bonchev–Trinajstić information content (AvgIpc) is 3.32. The summed E-state index contributed by atoms with van der Waals surface area (Å²) in [5.41, 5.74) is 0.414. The van der Waals surface area contributed by atoms with Gasteiger partial charge in [0, 0.05) is 38.6 Å². The largest absolute Gasteiger partial charge is 0.356 e. The van der Waals surface area contributed by atoms with E-state index in [-0.39, 0.29) is 24.0 Å². The second-order valence-electron chi connectivity index (χ2n) is 8.34. The number of nitrogens with one attached hydrogen (secondary N) is 2. The lowest BCUT2D eigenvalue weighted by molar-refractivity contribution is -0.134. The Bertz CT molecular complexity index is 470. The Morgan fingerprint density at radius 3 is 2.48 bits per heavy atom. The number of amides is 1. The highest BCUT2D eigenvalue weighted by Gasteiger charge is 2.33. The molecule has 0 bridgehead atoms. The van der Waals surface area contributed by atoms with Crippen LogP contribution >= 0.6 is 24.0 Å². The number of guanidine groups is 1. The molecule has 144 valence electrons. The maximum Gasteiger partial charge on any atom is 0.225 e. The van der Waals surface area contributed by atoms with Crippen molar-refractivity contribution in [3.05, 3.63) is 0 Å². The summed E-state index contributed by atoms with van der Waals surface area (Å²) in [4.78, 5) is 19.0. The number of likely N-dealkylation sites (tertiary alicyclic amines) is 1. The van der Waals surface area contributed by atoms with Gasteiger partial charge in [0.25, 0.3) is 0 Å². The predicted molar refractivity (Wildman–Crippen MR) is 113 cm³/mol. The van der Waals surface area contributed by atoms with Gasteiger partial charge >= 0.3 is 0 Å². The summed E-state index contributed by atoms with van der Waals surface area (Å²) in [6.07, 6.45) is 11.0. The maximum atomic E-state index is 12.5. The number of rotatable bonds is 4. The van der Waals surface area contributed by atoms with E-state index in [9.17, 15) is 4.79 Å². The molecule has 3 aliphatic rings. The van der Waals surface area contributed by atoms with Gasteiger partial charge in [0.2, 0.25) is 5.91 Å². The first kappa shape index (κ1) is 20.8. The van der Waals surface area contributed by atoms with Crippen LogP contribution in [0.4, 0.5) is 0 Å². The molecule has 1 atom stereocenters. The van der Waals surface area contributed by atoms with Crippen LogP contribution in [0.25, 0.3) is 0 Å². The molecule has 0 spiro atoms. The van der Waals surface area contributed by atoms with Crippen LogP contribution < -0.4 is 10.6 Å². The van der Waals surface area contributed by atoms with Crippen molar-refractivity contribution < 1.29 is 4.79 Å². The molecule has 1 amide bonds. The van der Waals surface area contributed by atoms with Crippen molar-refractivity contribution in [1.82, 2.24) is 15.5 Å². The van der Waals surface area contributed by atoms with Gasteiger partial charge in [-0.3, -0.25) is 9.79 Å². The predicted octanol–water partition coefficient (Wildman–Crippen LogP) is 3.14. The number of hydrogen-bond donors (Lipinski definition) is 2. The van der Waals surface area contributed by atoms with Crippen LogP contribution in [0, 0.1) is 11.3 Å². The first-order valence-electron chi connectivity index (χ1n) is 9.86. The van der Waals surface area contributed by atoms with E-state index >= 15 is 0 Å². The Kier molecular flexibility index (Phi) is 7.83. The topological polar surface area (TPSA) is 56.7 Å². The van der Waals surface area contributed by atoms with Gasteiger partial charge < -0.3 is 15.5 Å². The number of nitrogens with zero attached hydrogens (tertiary/aromatic N) is 2. The van der Waals surface area contributed by atoms with Crippen LogP contribution in [-0.4, -0.2) is 49.5 Å². The minimum atomic E-state index is 0. The fourth-order valence-corrected chi connectivity index (χ4v) is 4.60. The molecule has 2 saturated carbocycles. The van der Waals surface area contributed by atoms with Gasteiger partial charge in [0.1, 0.15) is 0 Å². The van der Waals surface area contributed by atoms with Crippen LogP contribution in [0.3, 0.4) is 0 Å². The highest BCUT2D eigenvalue weighted by Crippen LogP contribution is 2.36. The minimum Gasteiger partial charge on any atom is -0.356 e. The molecule has 3 rings (SSSR count). The number of carbonyl (C=O) groups excluding carboxylic acids is 1. The summed E-state index contributed by atoms with van der Waals surface area (Å²) in [5.74, 6) is 1.57. The summed E-state index contributed by atoms with van der Waals surface area (Å²) < 4.78 is 0. The molecule has 1 aliphatic heterocycles. The van der Waals surface area contributed by atoms with Crippen molar-refractivity contribution in [2.45, 2.75) is 70.8 Å². The Hall–Kier alpha value is -0.530. The Morgan fingerprint density at radius 2 is 1.84 bits per heavy atom. The van der Waals surface area contributed by atoms with E-state index in [1.165, 1.54) is 38.5 Å². The zero-order valence-corrected chi connectivity index (χ0v) is 18.2. The Morgan fingerprint density at radius 1 is 1.16 bits per heavy atom. The van der Waals surface area contributed by atoms with E-state index in [0.29, 0.717) is 23.3 Å². The van der Waals surface area contributed by atoms with E-state index in [1.807, 2.05) is 7.05 Å². The van der Waals surface area contributed by atoms with Gasteiger partial charge in [0.05, 0.1) is 0 Å². The fraction of sp³-hybridized carbons (Fsp3) is 0.895. The highest BCUT2D eigenvalue weighted by atomic mass is 127. The van der Waals surface area contributed by atoms with E-state index in [0.717, 1.165) is 44.9 Å². The zero-order valence-electron chi connectivity index (χ0n) is 15.9. The third kappa shape index (κ3) is 5.47. The second kappa shape index (κ2) is 9.42. The maximum absolute atomic E-state index is 12.5. The van der Waals surface area contributed by atoms with Crippen molar-refractivity contribution in [1.29, 1.82) is 0 Å². The lowest BCUT2D eigenvalue weighted by Crippen LogP contribution is -2.47. The molecule has 2 aliphatic carbocycles. The van der Waals surface area contributed by atoms with Crippen molar-refractivity contribution in [3.8, 4) is 0 Å². The van der Waals surface area contributed by atoms with Gasteiger partial charge in [-0.1, -0.05) is 32.6 Å². The van der Waals surface area contributed by atoms with Crippen LogP contribution in [0.15, 0.2) is 4.99 Å². The molecule has 6 heteroatoms. The van der Waals surface area contributed by atoms with Crippen molar-refractivity contribution in [2.75, 3.05) is 26.7 Å². The molecular formula is C19H35IN4O. The molecule has 25 heavy (non-hydrogen) atoms. The van der Waals surface area contributed by atoms with Gasteiger partial charge in [-0.15, -0.1) is 24.0 Å². The Balaban J connectivity index is 0.00000225. The second-order valence-corrected chi connectivity index (χ2v) is 8.34. The lowest BCUT2D eigenvalue weighted by atomic mass is 9.89. The standard InChI is InChI=1S/C19H34N4O.HI/c1-19(10-5-6-11-19)14-21-18(20-2)22-16-9-12-23(13-16)17(24)15-7-3-4-8-15;/h15-16H,3-14H2,1-2H3,(H2,20,21,22);1H. The van der Waals surface area contributed by atoms with Crippen molar-refractivity contribution >= 4 is 35.8 Å². The molecule has 5 nitrogen and oxygen atoms in total. The molecule has 0 radical (unpaired) electrons. The fourth-order valence-electron chi connectivity index (χ4n) is 4.60. The SMILES string of the molecule is CN=C(NCC1(C)CCCC1)NC1CCN(C(=O)C2CCCC2)C1.I. The molecule has 0 aromatic rings. The molecule has 1 saturated heterocycles. The summed E-state index contributed by atoms with van der Waals surface area (Å²) in [5, 5.41) is 7.04. The zero-order chi connectivity index (χ0) is 17.0. The van der Waals surface area contributed by atoms with E-state index in [4.69, 9.17) is 0 Å². The van der Waals surface area contributed by atoms with Crippen LogP contribution in [0.1, 0.15) is 64.7 Å². The summed E-state index contributed by atoms with van der Waals surface area (Å²) in [6.45, 7) is 5.08. The van der Waals surface area contributed by atoms with E-state index in [1.54, 1.807) is 0 Å². The van der Waals surface area contributed by atoms with Crippen LogP contribution in [0.5, 0.6) is 0 Å². The quantitative estimate of drug-likeness (QED) is 0.384. The summed E-state index contributed by atoms with van der Waals surface area (Å²) >= 11 is 0. The molecule has 0 aromatic carbocycles. The molecule has 3 fully saturated rings. The number of carbonyl (C=O) groups is 1. The van der Waals surface area contributed by atoms with Crippen molar-refractivity contribution in [2.24, 2.45) is 16.3 Å². The van der Waals surface area contributed by atoms with Gasteiger partial charge in [-0.05, 0) is 37.5 Å². The van der Waals surface area contributed by atoms with Gasteiger partial charge in [-0.2, -0.15) is 0 Å². The minimum absolute atomic E-state index is 0. The molecule has 0 aromatic heterocycles. The van der Waals surface area contributed by atoms with Crippen LogP contribution in [0.2, 0.25) is 0 Å². The molecule has 1 unspecified atom stereocenters. The number of aliphatic imine (C=N–C) groups is 1. The summed E-state index contributed by atoms with van der Waals surface area (Å²) in [7, 11) is 1.84. The average molecular weight is 462 g/mol. The van der Waals surface area contributed by atoms with Crippen LogP contribution in [-0.2, 0) is 4.79 Å². The molecular weight excluding hydrogens is 427 g/mol. The summed E-state index contributed by atoms with van der Waals surface area (Å²) in [6, 6.07) is 0.331. The third-order valence-electron chi connectivity index (χ3n) is 6.26. The highest BCUT2D eigenvalue weighted by molar-refractivity contribution is 14.0. The molecule has 2 N–H and O–H groups in total. The first-order valence-corrected chi connectivity index (χ1v) is 9.86. The molecule has 1 heterocycles. The van der Waals surface area contributed by atoms with Crippen molar-refractivity contribution in [3.63, 3.8) is 0 Å². The first-order chi connectivity index (χ1) is 11.6. The van der Waals surface area contributed by atoms with Gasteiger partial charge in [-0.25, -0.2) is 0 Å². The smallest absolute Gasteiger partial charge is 0.225 e. The lowest BCUT2D eigenvalue weighted by Gasteiger charge is -2.26. The Labute approximate surface area is 169 Å². The number of hydrogen-bond acceptors (Lipinski definition) is 2. The van der Waals surface area contributed by atoms with E-state index < -0.39 is 0 Å².